The number of piperazine rings is 1. The summed E-state index contributed by atoms with van der Waals surface area (Å²) in [6.07, 6.45) is 5.52. The fraction of sp³-hybridized carbons (Fsp3) is 0.667. The van der Waals surface area contributed by atoms with E-state index in [0.717, 1.165) is 31.7 Å². The first kappa shape index (κ1) is 23.7. The molecule has 0 radical (unpaired) electrons. The van der Waals surface area contributed by atoms with E-state index in [1.54, 1.807) is 4.90 Å². The van der Waals surface area contributed by atoms with Crippen molar-refractivity contribution >= 4 is 27.4 Å². The minimum Gasteiger partial charge on any atom is -0.379 e. The van der Waals surface area contributed by atoms with Gasteiger partial charge in [-0.3, -0.25) is 10.1 Å². The smallest absolute Gasteiger partial charge is 0.317 e. The number of carbonyl (C=O) groups excluding carboxylic acids is 1. The summed E-state index contributed by atoms with van der Waals surface area (Å²) in [6.45, 7) is 2.83. The van der Waals surface area contributed by atoms with Gasteiger partial charge in [0.05, 0.1) is 23.0 Å². The molecule has 33 heavy (non-hydrogen) atoms. The van der Waals surface area contributed by atoms with Crippen molar-refractivity contribution in [3.8, 4) is 0 Å². The van der Waals surface area contributed by atoms with Gasteiger partial charge in [0, 0.05) is 51.4 Å². The van der Waals surface area contributed by atoms with Crippen molar-refractivity contribution in [1.29, 1.82) is 0 Å². The summed E-state index contributed by atoms with van der Waals surface area (Å²) in [6, 6.07) is 4.22. The maximum atomic E-state index is 12.9. The number of nitro benzene ring substituents is 1. The predicted molar refractivity (Wildman–Crippen MR) is 122 cm³/mol. The molecule has 3 aliphatic rings. The van der Waals surface area contributed by atoms with Gasteiger partial charge in [-0.1, -0.05) is 19.3 Å². The van der Waals surface area contributed by atoms with Gasteiger partial charge in [-0.05, 0) is 25.0 Å². The second-order valence-electron chi connectivity index (χ2n) is 8.68. The fourth-order valence-electron chi connectivity index (χ4n) is 4.68. The third-order valence-electron chi connectivity index (χ3n) is 6.59. The summed E-state index contributed by atoms with van der Waals surface area (Å²) in [5.74, 6) is 0. The molecule has 0 unspecified atom stereocenters. The number of hydrogen-bond acceptors (Lipinski definition) is 7. The van der Waals surface area contributed by atoms with E-state index in [2.05, 4.69) is 5.32 Å². The molecule has 182 valence electrons. The topological polar surface area (TPSA) is 125 Å². The van der Waals surface area contributed by atoms with Crippen molar-refractivity contribution in [2.24, 2.45) is 0 Å². The molecule has 0 aromatic heterocycles. The summed E-state index contributed by atoms with van der Waals surface area (Å²) in [4.78, 5) is 27.3. The first-order valence-electron chi connectivity index (χ1n) is 11.5. The van der Waals surface area contributed by atoms with Gasteiger partial charge in [0.25, 0.3) is 5.69 Å². The minimum atomic E-state index is -3.83. The molecule has 2 aliphatic heterocycles. The van der Waals surface area contributed by atoms with Crippen LogP contribution in [0, 0.1) is 10.1 Å². The normalized spacial score (nSPS) is 21.1. The van der Waals surface area contributed by atoms with Gasteiger partial charge in [-0.15, -0.1) is 0 Å². The number of hydrogen-bond donors (Lipinski definition) is 1. The highest BCUT2D eigenvalue weighted by atomic mass is 32.2. The lowest BCUT2D eigenvalue weighted by molar-refractivity contribution is -0.384. The summed E-state index contributed by atoms with van der Waals surface area (Å²) >= 11 is 0. The van der Waals surface area contributed by atoms with Crippen LogP contribution in [0.2, 0.25) is 0 Å². The molecule has 4 rings (SSSR count). The highest BCUT2D eigenvalue weighted by molar-refractivity contribution is 7.89. The number of anilines is 1. The molecule has 11 nitrogen and oxygen atoms in total. The van der Waals surface area contributed by atoms with E-state index in [0.29, 0.717) is 45.1 Å². The Morgan fingerprint density at radius 2 is 1.70 bits per heavy atom. The molecule has 2 saturated heterocycles. The van der Waals surface area contributed by atoms with E-state index in [9.17, 15) is 23.3 Å². The van der Waals surface area contributed by atoms with Crippen LogP contribution in [0.1, 0.15) is 32.1 Å². The number of amides is 2. The van der Waals surface area contributed by atoms with Crippen LogP contribution < -0.4 is 10.2 Å². The molecule has 3 fully saturated rings. The molecule has 1 aromatic carbocycles. The number of benzene rings is 1. The van der Waals surface area contributed by atoms with E-state index in [4.69, 9.17) is 4.74 Å². The molecular weight excluding hydrogens is 450 g/mol. The Labute approximate surface area is 193 Å². The van der Waals surface area contributed by atoms with Crippen LogP contribution in [0.25, 0.3) is 0 Å². The summed E-state index contributed by atoms with van der Waals surface area (Å²) < 4.78 is 32.3. The van der Waals surface area contributed by atoms with Crippen LogP contribution in [0.4, 0.5) is 16.2 Å². The SMILES string of the molecule is O=C(NC1CCCCC1)N1CCN(c2ccc(S(=O)(=O)N3CCOCC3)cc2[N+](=O)[O-])CC1. The number of nitrogens with zero attached hydrogens (tertiary/aromatic N) is 4. The number of nitrogens with one attached hydrogen (secondary N) is 1. The third kappa shape index (κ3) is 5.39. The van der Waals surface area contributed by atoms with Gasteiger partial charge in [0.15, 0.2) is 0 Å². The van der Waals surface area contributed by atoms with E-state index in [1.165, 1.54) is 22.9 Å². The summed E-state index contributed by atoms with van der Waals surface area (Å²) in [7, 11) is -3.83. The molecular formula is C21H31N5O6S. The average Bonchev–Trinajstić information content (AvgIpc) is 2.85. The Morgan fingerprint density at radius 3 is 2.33 bits per heavy atom. The number of urea groups is 1. The van der Waals surface area contributed by atoms with Gasteiger partial charge in [0.1, 0.15) is 5.69 Å². The van der Waals surface area contributed by atoms with Gasteiger partial charge in [-0.2, -0.15) is 4.31 Å². The number of nitro groups is 1. The predicted octanol–water partition coefficient (Wildman–Crippen LogP) is 1.78. The van der Waals surface area contributed by atoms with Gasteiger partial charge in [0.2, 0.25) is 10.0 Å². The van der Waals surface area contributed by atoms with E-state index < -0.39 is 14.9 Å². The minimum absolute atomic E-state index is 0.0806. The van der Waals surface area contributed by atoms with Crippen LogP contribution >= 0.6 is 0 Å². The Hall–Kier alpha value is -2.44. The zero-order chi connectivity index (χ0) is 23.4. The van der Waals surface area contributed by atoms with Gasteiger partial charge < -0.3 is 19.9 Å². The Bertz CT molecular complexity index is 967. The summed E-state index contributed by atoms with van der Waals surface area (Å²) in [5, 5.41) is 14.9. The molecule has 2 heterocycles. The van der Waals surface area contributed by atoms with Gasteiger partial charge >= 0.3 is 6.03 Å². The molecule has 0 spiro atoms. The van der Waals surface area contributed by atoms with Crippen LogP contribution in [-0.2, 0) is 14.8 Å². The Morgan fingerprint density at radius 1 is 1.03 bits per heavy atom. The second kappa shape index (κ2) is 10.2. The number of ether oxygens (including phenoxy) is 1. The van der Waals surface area contributed by atoms with Crippen molar-refractivity contribution in [3.63, 3.8) is 0 Å². The number of carbonyl (C=O) groups is 1. The van der Waals surface area contributed by atoms with E-state index >= 15 is 0 Å². The monoisotopic (exact) mass is 481 g/mol. The Kier molecular flexibility index (Phi) is 7.35. The molecule has 12 heteroatoms. The first-order chi connectivity index (χ1) is 15.9. The number of sulfonamides is 1. The number of rotatable bonds is 5. The molecule has 0 atom stereocenters. The van der Waals surface area contributed by atoms with Crippen LogP contribution in [-0.4, -0.2) is 87.1 Å². The van der Waals surface area contributed by atoms with Crippen molar-refractivity contribution < 1.29 is 22.9 Å². The Balaban J connectivity index is 1.43. The van der Waals surface area contributed by atoms with E-state index in [1.807, 2.05) is 4.90 Å². The fourth-order valence-corrected chi connectivity index (χ4v) is 6.11. The lowest BCUT2D eigenvalue weighted by Gasteiger charge is -2.37. The van der Waals surface area contributed by atoms with E-state index in [-0.39, 0.29) is 35.7 Å². The molecule has 2 amide bonds. The van der Waals surface area contributed by atoms with Crippen molar-refractivity contribution in [2.45, 2.75) is 43.0 Å². The number of morpholine rings is 1. The molecule has 1 N–H and O–H groups in total. The van der Waals surface area contributed by atoms with Crippen LogP contribution in [0.5, 0.6) is 0 Å². The van der Waals surface area contributed by atoms with Crippen molar-refractivity contribution in [1.82, 2.24) is 14.5 Å². The van der Waals surface area contributed by atoms with Gasteiger partial charge in [-0.25, -0.2) is 13.2 Å². The van der Waals surface area contributed by atoms with Crippen LogP contribution in [0.3, 0.4) is 0 Å². The standard InChI is InChI=1S/C21H31N5O6S/c27-21(22-17-4-2-1-3-5-17)24-10-8-23(9-11-24)19-7-6-18(16-20(19)26(28)29)33(30,31)25-12-14-32-15-13-25/h6-7,16-17H,1-5,8-15H2,(H,22,27). The lowest BCUT2D eigenvalue weighted by atomic mass is 9.96. The molecule has 1 aliphatic carbocycles. The zero-order valence-electron chi connectivity index (χ0n) is 18.6. The second-order valence-corrected chi connectivity index (χ2v) is 10.6. The molecule has 1 saturated carbocycles. The third-order valence-corrected chi connectivity index (χ3v) is 8.49. The maximum Gasteiger partial charge on any atom is 0.317 e. The van der Waals surface area contributed by atoms with Crippen LogP contribution in [0.15, 0.2) is 23.1 Å². The molecule has 1 aromatic rings. The molecule has 0 bridgehead atoms. The van der Waals surface area contributed by atoms with Crippen molar-refractivity contribution in [3.05, 3.63) is 28.3 Å². The average molecular weight is 482 g/mol. The highest BCUT2D eigenvalue weighted by Crippen LogP contribution is 2.32. The van der Waals surface area contributed by atoms with Crippen molar-refractivity contribution in [2.75, 3.05) is 57.4 Å². The first-order valence-corrected chi connectivity index (χ1v) is 13.0. The highest BCUT2D eigenvalue weighted by Gasteiger charge is 2.31. The maximum absolute atomic E-state index is 12.9. The largest absolute Gasteiger partial charge is 0.379 e. The zero-order valence-corrected chi connectivity index (χ0v) is 19.5. The lowest BCUT2D eigenvalue weighted by Crippen LogP contribution is -2.53. The summed E-state index contributed by atoms with van der Waals surface area (Å²) in [5.41, 5.74) is 0.123. The quantitative estimate of drug-likeness (QED) is 0.502.